The van der Waals surface area contributed by atoms with E-state index in [4.69, 9.17) is 14.3 Å². The molecular formula is C14H20O5. The fourth-order valence-corrected chi connectivity index (χ4v) is 1.79. The Kier molecular flexibility index (Phi) is 6.12. The van der Waals surface area contributed by atoms with E-state index in [2.05, 4.69) is 6.92 Å². The molecule has 1 atom stereocenters. The Bertz CT molecular complexity index is 421. The van der Waals surface area contributed by atoms with E-state index >= 15 is 0 Å². The number of unbranched alkanes of at least 4 members (excludes halogenated alkanes) is 1. The van der Waals surface area contributed by atoms with Gasteiger partial charge in [0, 0.05) is 0 Å². The maximum Gasteiger partial charge on any atom is 0.375 e. The van der Waals surface area contributed by atoms with Gasteiger partial charge in [-0.1, -0.05) is 33.1 Å². The molecule has 106 valence electrons. The van der Waals surface area contributed by atoms with Crippen molar-refractivity contribution in [1.29, 1.82) is 0 Å². The summed E-state index contributed by atoms with van der Waals surface area (Å²) < 4.78 is 10.0. The lowest BCUT2D eigenvalue weighted by Crippen LogP contribution is -2.15. The van der Waals surface area contributed by atoms with Crippen LogP contribution >= 0.6 is 0 Å². The lowest BCUT2D eigenvalue weighted by atomic mass is 10.0. The van der Waals surface area contributed by atoms with Crippen LogP contribution in [-0.2, 0) is 4.74 Å². The Balaban J connectivity index is 2.54. The van der Waals surface area contributed by atoms with E-state index in [0.29, 0.717) is 12.5 Å². The molecule has 0 spiro atoms. The van der Waals surface area contributed by atoms with E-state index < -0.39 is 11.9 Å². The smallest absolute Gasteiger partial charge is 0.375 e. The minimum Gasteiger partial charge on any atom is -0.478 e. The lowest BCUT2D eigenvalue weighted by Gasteiger charge is -2.14. The largest absolute Gasteiger partial charge is 0.478 e. The number of aromatic carboxylic acids is 1. The monoisotopic (exact) mass is 268 g/mol. The van der Waals surface area contributed by atoms with Crippen molar-refractivity contribution >= 4 is 11.9 Å². The number of hydrogen-bond acceptors (Lipinski definition) is 4. The third-order valence-electron chi connectivity index (χ3n) is 3.07. The van der Waals surface area contributed by atoms with Crippen LogP contribution in [0.4, 0.5) is 0 Å². The molecule has 1 unspecified atom stereocenters. The van der Waals surface area contributed by atoms with Crippen LogP contribution in [0.5, 0.6) is 0 Å². The SMILES string of the molecule is CCCCC(CC)COC(=O)c1occc1C(=O)O. The maximum absolute atomic E-state index is 11.7. The highest BCUT2D eigenvalue weighted by atomic mass is 16.5. The molecule has 0 fully saturated rings. The first kappa shape index (κ1) is 15.3. The normalized spacial score (nSPS) is 12.1. The molecule has 1 N–H and O–H groups in total. The highest BCUT2D eigenvalue weighted by Crippen LogP contribution is 2.16. The minimum atomic E-state index is -1.20. The summed E-state index contributed by atoms with van der Waals surface area (Å²) in [4.78, 5) is 22.6. The van der Waals surface area contributed by atoms with Gasteiger partial charge in [0.25, 0.3) is 0 Å². The molecule has 5 heteroatoms. The first-order valence-corrected chi connectivity index (χ1v) is 6.58. The quantitative estimate of drug-likeness (QED) is 0.731. The van der Waals surface area contributed by atoms with E-state index in [9.17, 15) is 9.59 Å². The van der Waals surface area contributed by atoms with Gasteiger partial charge in [-0.3, -0.25) is 0 Å². The average molecular weight is 268 g/mol. The fourth-order valence-electron chi connectivity index (χ4n) is 1.79. The number of carboxylic acid groups (broad SMARTS) is 1. The number of esters is 1. The summed E-state index contributed by atoms with van der Waals surface area (Å²) in [5.41, 5.74) is -0.161. The van der Waals surface area contributed by atoms with Crippen LogP contribution in [0.25, 0.3) is 0 Å². The van der Waals surface area contributed by atoms with Gasteiger partial charge in [-0.25, -0.2) is 9.59 Å². The molecule has 0 amide bonds. The molecule has 0 saturated carbocycles. The number of rotatable bonds is 8. The summed E-state index contributed by atoms with van der Waals surface area (Å²) in [6.45, 7) is 4.46. The van der Waals surface area contributed by atoms with Crippen LogP contribution in [-0.4, -0.2) is 23.7 Å². The zero-order valence-electron chi connectivity index (χ0n) is 11.3. The van der Waals surface area contributed by atoms with Gasteiger partial charge in [-0.05, 0) is 18.4 Å². The summed E-state index contributed by atoms with van der Waals surface area (Å²) in [5.74, 6) is -1.83. The zero-order chi connectivity index (χ0) is 14.3. The molecule has 5 nitrogen and oxygen atoms in total. The molecular weight excluding hydrogens is 248 g/mol. The Labute approximate surface area is 112 Å². The van der Waals surface area contributed by atoms with Crippen LogP contribution in [0.15, 0.2) is 16.7 Å². The van der Waals surface area contributed by atoms with Gasteiger partial charge >= 0.3 is 11.9 Å². The van der Waals surface area contributed by atoms with Gasteiger partial charge in [0.2, 0.25) is 5.76 Å². The van der Waals surface area contributed by atoms with Gasteiger partial charge in [0.1, 0.15) is 5.56 Å². The maximum atomic E-state index is 11.7. The summed E-state index contributed by atoms with van der Waals surface area (Å²) in [7, 11) is 0. The molecule has 0 aromatic carbocycles. The molecule has 19 heavy (non-hydrogen) atoms. The topological polar surface area (TPSA) is 76.7 Å². The molecule has 0 aliphatic rings. The fraction of sp³-hybridized carbons (Fsp3) is 0.571. The second-order valence-corrected chi connectivity index (χ2v) is 4.48. The second kappa shape index (κ2) is 7.61. The molecule has 0 saturated heterocycles. The van der Waals surface area contributed by atoms with Crippen molar-refractivity contribution in [3.05, 3.63) is 23.7 Å². The first-order valence-electron chi connectivity index (χ1n) is 6.58. The summed E-state index contributed by atoms with van der Waals surface area (Å²) in [6.07, 6.45) is 5.30. The van der Waals surface area contributed by atoms with Gasteiger partial charge < -0.3 is 14.3 Å². The Morgan fingerprint density at radius 2 is 2.16 bits per heavy atom. The highest BCUT2D eigenvalue weighted by molar-refractivity contribution is 6.00. The van der Waals surface area contributed by atoms with Crippen LogP contribution in [0.3, 0.4) is 0 Å². The molecule has 0 aliphatic carbocycles. The molecule has 1 aromatic heterocycles. The minimum absolute atomic E-state index is 0.161. The number of furan rings is 1. The van der Waals surface area contributed by atoms with E-state index in [1.54, 1.807) is 0 Å². The zero-order valence-corrected chi connectivity index (χ0v) is 11.3. The summed E-state index contributed by atoms with van der Waals surface area (Å²) >= 11 is 0. The predicted octanol–water partition coefficient (Wildman–Crippen LogP) is 3.35. The molecule has 1 rings (SSSR count). The summed E-state index contributed by atoms with van der Waals surface area (Å²) in [6, 6.07) is 1.24. The van der Waals surface area contributed by atoms with Gasteiger partial charge in [-0.15, -0.1) is 0 Å². The van der Waals surface area contributed by atoms with E-state index in [0.717, 1.165) is 25.7 Å². The van der Waals surface area contributed by atoms with Crippen molar-refractivity contribution < 1.29 is 23.8 Å². The van der Waals surface area contributed by atoms with Crippen molar-refractivity contribution in [1.82, 2.24) is 0 Å². The van der Waals surface area contributed by atoms with Crippen LogP contribution < -0.4 is 0 Å². The lowest BCUT2D eigenvalue weighted by molar-refractivity contribution is 0.0384. The number of hydrogen-bond donors (Lipinski definition) is 1. The van der Waals surface area contributed by atoms with Crippen molar-refractivity contribution in [2.45, 2.75) is 39.5 Å². The molecule has 1 aromatic rings. The highest BCUT2D eigenvalue weighted by Gasteiger charge is 2.22. The first-order chi connectivity index (χ1) is 9.10. The van der Waals surface area contributed by atoms with E-state index in [1.165, 1.54) is 12.3 Å². The van der Waals surface area contributed by atoms with Crippen molar-refractivity contribution in [2.75, 3.05) is 6.61 Å². The standard InChI is InChI=1S/C14H20O5/c1-3-5-6-10(4-2)9-19-14(17)12-11(13(15)16)7-8-18-12/h7-8,10H,3-6,9H2,1-2H3,(H,15,16). The van der Waals surface area contributed by atoms with Gasteiger partial charge in [-0.2, -0.15) is 0 Å². The van der Waals surface area contributed by atoms with Crippen LogP contribution in [0.2, 0.25) is 0 Å². The van der Waals surface area contributed by atoms with Gasteiger partial charge in [0.15, 0.2) is 0 Å². The number of carbonyl (C=O) groups excluding carboxylic acids is 1. The summed E-state index contributed by atoms with van der Waals surface area (Å²) in [5, 5.41) is 8.88. The number of carbonyl (C=O) groups is 2. The van der Waals surface area contributed by atoms with Crippen LogP contribution in [0.1, 0.15) is 60.4 Å². The van der Waals surface area contributed by atoms with E-state index in [-0.39, 0.29) is 11.3 Å². The average Bonchev–Trinajstić information content (AvgIpc) is 2.88. The predicted molar refractivity (Wildman–Crippen MR) is 69.3 cm³/mol. The third-order valence-corrected chi connectivity index (χ3v) is 3.07. The molecule has 0 aliphatic heterocycles. The second-order valence-electron chi connectivity index (χ2n) is 4.48. The Morgan fingerprint density at radius 1 is 1.42 bits per heavy atom. The van der Waals surface area contributed by atoms with Crippen molar-refractivity contribution in [3.63, 3.8) is 0 Å². The molecule has 0 bridgehead atoms. The Hall–Kier alpha value is -1.78. The molecule has 1 heterocycles. The third kappa shape index (κ3) is 4.43. The Morgan fingerprint density at radius 3 is 2.74 bits per heavy atom. The van der Waals surface area contributed by atoms with Crippen molar-refractivity contribution in [3.8, 4) is 0 Å². The number of ether oxygens (including phenoxy) is 1. The van der Waals surface area contributed by atoms with Gasteiger partial charge in [0.05, 0.1) is 12.9 Å². The van der Waals surface area contributed by atoms with E-state index in [1.807, 2.05) is 6.92 Å². The molecule has 0 radical (unpaired) electrons. The van der Waals surface area contributed by atoms with Crippen LogP contribution in [0, 0.1) is 5.92 Å². The number of carboxylic acids is 1. The van der Waals surface area contributed by atoms with Crippen molar-refractivity contribution in [2.24, 2.45) is 5.92 Å².